The summed E-state index contributed by atoms with van der Waals surface area (Å²) >= 11 is 0. The molecule has 0 heterocycles. The van der Waals surface area contributed by atoms with Gasteiger partial charge in [0.2, 0.25) is 0 Å². The average molecular weight is 282 g/mol. The Bertz CT molecular complexity index is 357. The van der Waals surface area contributed by atoms with E-state index >= 15 is 0 Å². The standard InChI is InChI=1S/C16H26O4/c1-3-19-15(17)12-8-10-13-9-6-5-7-11-14(13)16(18)20-4-2/h3-12H2,1-2H3. The van der Waals surface area contributed by atoms with E-state index in [1.54, 1.807) is 0 Å². The van der Waals surface area contributed by atoms with Crippen LogP contribution in [0.25, 0.3) is 0 Å². The third kappa shape index (κ3) is 5.76. The molecular formula is C16H26O4. The second-order valence-corrected chi connectivity index (χ2v) is 5.02. The molecule has 0 N–H and O–H groups in total. The lowest BCUT2D eigenvalue weighted by molar-refractivity contribution is -0.143. The number of rotatable bonds is 7. The monoisotopic (exact) mass is 282 g/mol. The highest BCUT2D eigenvalue weighted by molar-refractivity contribution is 5.89. The van der Waals surface area contributed by atoms with Crippen molar-refractivity contribution in [1.82, 2.24) is 0 Å². The first-order valence-electron chi connectivity index (χ1n) is 7.72. The van der Waals surface area contributed by atoms with Gasteiger partial charge in [0.1, 0.15) is 0 Å². The Labute approximate surface area is 121 Å². The maximum Gasteiger partial charge on any atom is 0.333 e. The summed E-state index contributed by atoms with van der Waals surface area (Å²) in [6, 6.07) is 0. The zero-order chi connectivity index (χ0) is 14.8. The minimum Gasteiger partial charge on any atom is -0.466 e. The summed E-state index contributed by atoms with van der Waals surface area (Å²) in [7, 11) is 0. The summed E-state index contributed by atoms with van der Waals surface area (Å²) in [5, 5.41) is 0. The molecule has 4 heteroatoms. The van der Waals surface area contributed by atoms with Gasteiger partial charge in [-0.2, -0.15) is 0 Å². The van der Waals surface area contributed by atoms with Gasteiger partial charge in [0.25, 0.3) is 0 Å². The van der Waals surface area contributed by atoms with E-state index in [4.69, 9.17) is 9.47 Å². The minimum absolute atomic E-state index is 0.153. The van der Waals surface area contributed by atoms with E-state index in [9.17, 15) is 9.59 Å². The second kappa shape index (κ2) is 9.56. The van der Waals surface area contributed by atoms with E-state index in [1.807, 2.05) is 13.8 Å². The summed E-state index contributed by atoms with van der Waals surface area (Å²) in [6.07, 6.45) is 7.07. The fraction of sp³-hybridized carbons (Fsp3) is 0.750. The molecule has 0 atom stereocenters. The van der Waals surface area contributed by atoms with Crippen molar-refractivity contribution >= 4 is 11.9 Å². The molecule has 0 bridgehead atoms. The number of carbonyl (C=O) groups excluding carboxylic acids is 2. The van der Waals surface area contributed by atoms with Gasteiger partial charge in [-0.05, 0) is 52.4 Å². The lowest BCUT2D eigenvalue weighted by Crippen LogP contribution is -2.10. The zero-order valence-electron chi connectivity index (χ0n) is 12.7. The Morgan fingerprint density at radius 3 is 2.40 bits per heavy atom. The van der Waals surface area contributed by atoms with E-state index in [2.05, 4.69) is 0 Å². The van der Waals surface area contributed by atoms with Crippen molar-refractivity contribution < 1.29 is 19.1 Å². The Balaban J connectivity index is 2.59. The van der Waals surface area contributed by atoms with E-state index in [0.29, 0.717) is 19.6 Å². The molecule has 1 rings (SSSR count). The SMILES string of the molecule is CCOC(=O)CCCC1=C(C(=O)OCC)CCCCC1. The van der Waals surface area contributed by atoms with Crippen molar-refractivity contribution in [3.8, 4) is 0 Å². The van der Waals surface area contributed by atoms with Crippen LogP contribution in [0.5, 0.6) is 0 Å². The average Bonchev–Trinajstić information content (AvgIpc) is 2.65. The topological polar surface area (TPSA) is 52.6 Å². The Morgan fingerprint density at radius 1 is 1.00 bits per heavy atom. The molecule has 0 aromatic rings. The van der Waals surface area contributed by atoms with Crippen molar-refractivity contribution in [2.45, 2.75) is 65.2 Å². The van der Waals surface area contributed by atoms with Crippen molar-refractivity contribution in [1.29, 1.82) is 0 Å². The molecular weight excluding hydrogens is 256 g/mol. The fourth-order valence-electron chi connectivity index (χ4n) is 2.56. The zero-order valence-corrected chi connectivity index (χ0v) is 12.7. The van der Waals surface area contributed by atoms with Crippen molar-refractivity contribution in [3.63, 3.8) is 0 Å². The maximum atomic E-state index is 12.0. The highest BCUT2D eigenvalue weighted by Gasteiger charge is 2.18. The molecule has 1 aliphatic carbocycles. The van der Waals surface area contributed by atoms with Crippen LogP contribution >= 0.6 is 0 Å². The van der Waals surface area contributed by atoms with Crippen LogP contribution in [0.4, 0.5) is 0 Å². The van der Waals surface area contributed by atoms with Gasteiger partial charge in [-0.25, -0.2) is 4.79 Å². The molecule has 0 radical (unpaired) electrons. The third-order valence-electron chi connectivity index (χ3n) is 3.52. The quantitative estimate of drug-likeness (QED) is 0.670. The predicted octanol–water partition coefficient (Wildman–Crippen LogP) is 3.54. The maximum absolute atomic E-state index is 12.0. The molecule has 0 aliphatic heterocycles. The molecule has 0 spiro atoms. The summed E-state index contributed by atoms with van der Waals surface area (Å²) in [4.78, 5) is 23.3. The van der Waals surface area contributed by atoms with Gasteiger partial charge in [0.15, 0.2) is 0 Å². The number of hydrogen-bond acceptors (Lipinski definition) is 4. The number of carbonyl (C=O) groups is 2. The van der Waals surface area contributed by atoms with Gasteiger partial charge in [-0.1, -0.05) is 12.0 Å². The highest BCUT2D eigenvalue weighted by atomic mass is 16.5. The predicted molar refractivity (Wildman–Crippen MR) is 77.2 cm³/mol. The van der Waals surface area contributed by atoms with Gasteiger partial charge in [0, 0.05) is 12.0 Å². The van der Waals surface area contributed by atoms with Gasteiger partial charge in [-0.3, -0.25) is 4.79 Å². The molecule has 0 unspecified atom stereocenters. The Hall–Kier alpha value is -1.32. The minimum atomic E-state index is -0.166. The number of hydrogen-bond donors (Lipinski definition) is 0. The summed E-state index contributed by atoms with van der Waals surface area (Å²) in [5.41, 5.74) is 2.04. The summed E-state index contributed by atoms with van der Waals surface area (Å²) in [6.45, 7) is 4.48. The van der Waals surface area contributed by atoms with Crippen LogP contribution in [0.3, 0.4) is 0 Å². The van der Waals surface area contributed by atoms with Gasteiger partial charge in [-0.15, -0.1) is 0 Å². The molecule has 4 nitrogen and oxygen atoms in total. The van der Waals surface area contributed by atoms with Crippen LogP contribution in [0.1, 0.15) is 65.2 Å². The smallest absolute Gasteiger partial charge is 0.333 e. The molecule has 1 aliphatic rings. The van der Waals surface area contributed by atoms with Gasteiger partial charge in [0.05, 0.1) is 13.2 Å². The Kier molecular flexibility index (Phi) is 8.00. The van der Waals surface area contributed by atoms with Crippen LogP contribution in [0.2, 0.25) is 0 Å². The van der Waals surface area contributed by atoms with Crippen LogP contribution < -0.4 is 0 Å². The largest absolute Gasteiger partial charge is 0.466 e. The van der Waals surface area contributed by atoms with Crippen molar-refractivity contribution in [2.24, 2.45) is 0 Å². The molecule has 0 aromatic heterocycles. The Morgan fingerprint density at radius 2 is 1.70 bits per heavy atom. The molecule has 0 saturated heterocycles. The lowest BCUT2D eigenvalue weighted by atomic mass is 9.98. The first-order chi connectivity index (χ1) is 9.69. The van der Waals surface area contributed by atoms with Crippen LogP contribution in [-0.4, -0.2) is 25.2 Å². The van der Waals surface area contributed by atoms with Gasteiger partial charge >= 0.3 is 11.9 Å². The molecule has 0 amide bonds. The first kappa shape index (κ1) is 16.7. The van der Waals surface area contributed by atoms with Crippen LogP contribution in [-0.2, 0) is 19.1 Å². The van der Waals surface area contributed by atoms with E-state index < -0.39 is 0 Å². The molecule has 0 aromatic carbocycles. The number of ether oxygens (including phenoxy) is 2. The van der Waals surface area contributed by atoms with E-state index in [0.717, 1.165) is 50.5 Å². The summed E-state index contributed by atoms with van der Waals surface area (Å²) in [5.74, 6) is -0.319. The van der Waals surface area contributed by atoms with Crippen LogP contribution in [0, 0.1) is 0 Å². The van der Waals surface area contributed by atoms with E-state index in [-0.39, 0.29) is 11.9 Å². The first-order valence-corrected chi connectivity index (χ1v) is 7.72. The van der Waals surface area contributed by atoms with Gasteiger partial charge < -0.3 is 9.47 Å². The van der Waals surface area contributed by atoms with E-state index in [1.165, 1.54) is 5.57 Å². The molecule has 0 saturated carbocycles. The number of esters is 2. The van der Waals surface area contributed by atoms with Crippen LogP contribution in [0.15, 0.2) is 11.1 Å². The van der Waals surface area contributed by atoms with Crippen molar-refractivity contribution in [2.75, 3.05) is 13.2 Å². The molecule has 114 valence electrons. The second-order valence-electron chi connectivity index (χ2n) is 5.02. The highest BCUT2D eigenvalue weighted by Crippen LogP contribution is 2.28. The summed E-state index contributed by atoms with van der Waals surface area (Å²) < 4.78 is 10.1. The molecule has 20 heavy (non-hydrogen) atoms. The normalized spacial score (nSPS) is 15.7. The number of allylic oxidation sites excluding steroid dienone is 1. The lowest BCUT2D eigenvalue weighted by Gasteiger charge is -2.11. The molecule has 0 fully saturated rings. The fourth-order valence-corrected chi connectivity index (χ4v) is 2.56. The van der Waals surface area contributed by atoms with Crippen molar-refractivity contribution in [3.05, 3.63) is 11.1 Å². The third-order valence-corrected chi connectivity index (χ3v) is 3.52.